The summed E-state index contributed by atoms with van der Waals surface area (Å²) < 4.78 is 0. The average Bonchev–Trinajstić information content (AvgIpc) is 2.74. The zero-order chi connectivity index (χ0) is 19.4. The molecule has 1 atom stereocenters. The first-order valence-corrected chi connectivity index (χ1v) is 11.0. The third kappa shape index (κ3) is 4.60. The van der Waals surface area contributed by atoms with Crippen LogP contribution in [0.5, 0.6) is 0 Å². The van der Waals surface area contributed by atoms with E-state index in [1.165, 1.54) is 23.1 Å². The first-order chi connectivity index (χ1) is 13.6. The van der Waals surface area contributed by atoms with Crippen molar-refractivity contribution in [2.75, 3.05) is 32.7 Å². The van der Waals surface area contributed by atoms with E-state index in [-0.39, 0.29) is 5.92 Å². The van der Waals surface area contributed by atoms with E-state index in [9.17, 15) is 5.11 Å². The minimum absolute atomic E-state index is 0.171. The number of halogens is 1. The molecular weight excluding hydrogens is 368 g/mol. The van der Waals surface area contributed by atoms with Crippen molar-refractivity contribution in [3.63, 3.8) is 0 Å². The molecule has 2 aliphatic rings. The maximum atomic E-state index is 11.6. The van der Waals surface area contributed by atoms with Crippen molar-refractivity contribution in [1.29, 1.82) is 0 Å². The molecule has 1 aliphatic carbocycles. The van der Waals surface area contributed by atoms with Gasteiger partial charge in [0.05, 0.1) is 5.60 Å². The molecule has 0 aromatic heterocycles. The Morgan fingerprint density at radius 2 is 1.46 bits per heavy atom. The summed E-state index contributed by atoms with van der Waals surface area (Å²) in [4.78, 5) is 2.51. The molecule has 1 unspecified atom stereocenters. The van der Waals surface area contributed by atoms with Gasteiger partial charge in [-0.25, -0.2) is 0 Å². The summed E-state index contributed by atoms with van der Waals surface area (Å²) in [6.07, 6.45) is 5.36. The topological polar surface area (TPSA) is 35.5 Å². The Balaban J connectivity index is 1.58. The van der Waals surface area contributed by atoms with Crippen molar-refractivity contribution in [1.82, 2.24) is 10.2 Å². The lowest BCUT2D eigenvalue weighted by Crippen LogP contribution is -2.49. The van der Waals surface area contributed by atoms with Crippen LogP contribution in [-0.2, 0) is 0 Å². The molecule has 0 amide bonds. The number of hydrogen-bond donors (Lipinski definition) is 2. The van der Waals surface area contributed by atoms with Crippen LogP contribution in [0, 0.1) is 0 Å². The maximum absolute atomic E-state index is 11.6. The molecule has 2 fully saturated rings. The highest BCUT2D eigenvalue weighted by atomic mass is 35.5. The molecule has 1 saturated heterocycles. The lowest BCUT2D eigenvalue weighted by Gasteiger charge is -2.42. The van der Waals surface area contributed by atoms with E-state index in [1.54, 1.807) is 0 Å². The van der Waals surface area contributed by atoms with E-state index in [1.807, 2.05) is 12.1 Å². The molecule has 3 nitrogen and oxygen atoms in total. The standard InChI is InChI=1S/C24H31ClN2O/c25-22-10-8-20(9-11-22)19-4-6-21(7-5-19)23(18-27-16-14-26-15-17-27)24(28)12-2-1-3-13-24/h4-11,23,26,28H,1-3,12-18H2. The van der Waals surface area contributed by atoms with Crippen LogP contribution < -0.4 is 5.32 Å². The van der Waals surface area contributed by atoms with Gasteiger partial charge in [0.15, 0.2) is 0 Å². The summed E-state index contributed by atoms with van der Waals surface area (Å²) in [5, 5.41) is 15.8. The van der Waals surface area contributed by atoms with Crippen molar-refractivity contribution in [2.45, 2.75) is 43.6 Å². The zero-order valence-electron chi connectivity index (χ0n) is 16.5. The molecule has 150 valence electrons. The van der Waals surface area contributed by atoms with Crippen LogP contribution in [-0.4, -0.2) is 48.3 Å². The Hall–Kier alpha value is -1.39. The fraction of sp³-hybridized carbons (Fsp3) is 0.500. The highest BCUT2D eigenvalue weighted by molar-refractivity contribution is 6.30. The predicted molar refractivity (Wildman–Crippen MR) is 117 cm³/mol. The van der Waals surface area contributed by atoms with Gasteiger partial charge < -0.3 is 15.3 Å². The van der Waals surface area contributed by atoms with Gasteiger partial charge in [0.1, 0.15) is 0 Å². The first kappa shape index (κ1) is 19.9. The van der Waals surface area contributed by atoms with Crippen molar-refractivity contribution >= 4 is 11.6 Å². The number of aliphatic hydroxyl groups is 1. The fourth-order valence-electron chi connectivity index (χ4n) is 4.80. The van der Waals surface area contributed by atoms with E-state index in [0.29, 0.717) is 0 Å². The Morgan fingerprint density at radius 3 is 2.07 bits per heavy atom. The highest BCUT2D eigenvalue weighted by Gasteiger charge is 2.39. The van der Waals surface area contributed by atoms with Gasteiger partial charge in [0, 0.05) is 43.7 Å². The van der Waals surface area contributed by atoms with Crippen LogP contribution in [0.25, 0.3) is 11.1 Å². The normalized spacial score (nSPS) is 21.4. The van der Waals surface area contributed by atoms with Gasteiger partial charge in [0.2, 0.25) is 0 Å². The molecule has 1 saturated carbocycles. The summed E-state index contributed by atoms with van der Waals surface area (Å²) in [6.45, 7) is 5.16. The van der Waals surface area contributed by atoms with Gasteiger partial charge in [-0.2, -0.15) is 0 Å². The SMILES string of the molecule is OC1(C(CN2CCNCC2)c2ccc(-c3ccc(Cl)cc3)cc2)CCCCC1. The molecule has 28 heavy (non-hydrogen) atoms. The molecule has 1 aliphatic heterocycles. The number of piperazine rings is 1. The van der Waals surface area contributed by atoms with E-state index in [0.717, 1.165) is 63.4 Å². The molecule has 0 bridgehead atoms. The van der Waals surface area contributed by atoms with Crippen LogP contribution in [0.3, 0.4) is 0 Å². The third-order valence-electron chi connectivity index (χ3n) is 6.51. The van der Waals surface area contributed by atoms with E-state index >= 15 is 0 Å². The number of nitrogens with zero attached hydrogens (tertiary/aromatic N) is 1. The number of rotatable bonds is 5. The van der Waals surface area contributed by atoms with E-state index < -0.39 is 5.60 Å². The van der Waals surface area contributed by atoms with E-state index in [4.69, 9.17) is 11.6 Å². The van der Waals surface area contributed by atoms with Gasteiger partial charge in [0.25, 0.3) is 0 Å². The van der Waals surface area contributed by atoms with Crippen LogP contribution in [0.15, 0.2) is 48.5 Å². The van der Waals surface area contributed by atoms with Crippen molar-refractivity contribution in [3.05, 3.63) is 59.1 Å². The Labute approximate surface area is 173 Å². The second-order valence-corrected chi connectivity index (χ2v) is 8.83. The smallest absolute Gasteiger partial charge is 0.0728 e. The summed E-state index contributed by atoms with van der Waals surface area (Å²) in [6, 6.07) is 16.8. The van der Waals surface area contributed by atoms with Crippen molar-refractivity contribution in [3.8, 4) is 11.1 Å². The number of benzene rings is 2. The second-order valence-electron chi connectivity index (χ2n) is 8.40. The maximum Gasteiger partial charge on any atom is 0.0728 e. The van der Waals surface area contributed by atoms with Gasteiger partial charge in [-0.15, -0.1) is 0 Å². The summed E-state index contributed by atoms with van der Waals surface area (Å²) in [5.41, 5.74) is 3.05. The molecular formula is C24H31ClN2O. The fourth-order valence-corrected chi connectivity index (χ4v) is 4.93. The minimum Gasteiger partial charge on any atom is -0.389 e. The average molecular weight is 399 g/mol. The lowest BCUT2D eigenvalue weighted by atomic mass is 9.72. The molecule has 4 heteroatoms. The number of nitrogens with one attached hydrogen (secondary N) is 1. The number of hydrogen-bond acceptors (Lipinski definition) is 3. The molecule has 2 N–H and O–H groups in total. The van der Waals surface area contributed by atoms with Crippen LogP contribution in [0.4, 0.5) is 0 Å². The molecule has 0 spiro atoms. The second kappa shape index (κ2) is 8.96. The van der Waals surface area contributed by atoms with Crippen LogP contribution in [0.1, 0.15) is 43.6 Å². The van der Waals surface area contributed by atoms with Crippen LogP contribution >= 0.6 is 11.6 Å². The summed E-state index contributed by atoms with van der Waals surface area (Å²) >= 11 is 6.02. The molecule has 1 heterocycles. The van der Waals surface area contributed by atoms with Gasteiger partial charge in [-0.1, -0.05) is 67.3 Å². The monoisotopic (exact) mass is 398 g/mol. The Kier molecular flexibility index (Phi) is 6.37. The van der Waals surface area contributed by atoms with E-state index in [2.05, 4.69) is 46.6 Å². The van der Waals surface area contributed by atoms with Gasteiger partial charge in [-0.05, 0) is 41.7 Å². The quantitative estimate of drug-likeness (QED) is 0.766. The van der Waals surface area contributed by atoms with Gasteiger partial charge in [-0.3, -0.25) is 0 Å². The predicted octanol–water partition coefficient (Wildman–Crippen LogP) is 4.69. The van der Waals surface area contributed by atoms with Crippen molar-refractivity contribution in [2.24, 2.45) is 0 Å². The minimum atomic E-state index is -0.578. The van der Waals surface area contributed by atoms with Crippen LogP contribution in [0.2, 0.25) is 5.02 Å². The largest absolute Gasteiger partial charge is 0.389 e. The molecule has 0 radical (unpaired) electrons. The Bertz CT molecular complexity index is 747. The highest BCUT2D eigenvalue weighted by Crippen LogP contribution is 2.41. The Morgan fingerprint density at radius 1 is 0.893 bits per heavy atom. The molecule has 2 aromatic rings. The molecule has 2 aromatic carbocycles. The first-order valence-electron chi connectivity index (χ1n) is 10.7. The van der Waals surface area contributed by atoms with Crippen molar-refractivity contribution < 1.29 is 5.11 Å². The van der Waals surface area contributed by atoms with Gasteiger partial charge >= 0.3 is 0 Å². The molecule has 4 rings (SSSR count). The lowest BCUT2D eigenvalue weighted by molar-refractivity contribution is -0.0316. The zero-order valence-corrected chi connectivity index (χ0v) is 17.3. The summed E-state index contributed by atoms with van der Waals surface area (Å²) in [5.74, 6) is 0.171. The third-order valence-corrected chi connectivity index (χ3v) is 6.76. The summed E-state index contributed by atoms with van der Waals surface area (Å²) in [7, 11) is 0.